The summed E-state index contributed by atoms with van der Waals surface area (Å²) in [5, 5.41) is 0. The van der Waals surface area contributed by atoms with Gasteiger partial charge in [-0.05, 0) is 27.7 Å². The molecule has 0 radical (unpaired) electrons. The van der Waals surface area contributed by atoms with Crippen molar-refractivity contribution in [3.8, 4) is 0 Å². The number of hydrogen-bond donors (Lipinski definition) is 0. The van der Waals surface area contributed by atoms with Crippen LogP contribution in [-0.4, -0.2) is 54.5 Å². The molecule has 1 fully saturated rings. The minimum absolute atomic E-state index is 0.0204. The maximum absolute atomic E-state index is 11.8. The van der Waals surface area contributed by atoms with E-state index in [9.17, 15) is 13.2 Å². The summed E-state index contributed by atoms with van der Waals surface area (Å²) in [6.07, 6.45) is 0. The predicted molar refractivity (Wildman–Crippen MR) is 62.5 cm³/mol. The first-order chi connectivity index (χ1) is 7.18. The topological polar surface area (TPSA) is 57.7 Å². The summed E-state index contributed by atoms with van der Waals surface area (Å²) in [5.74, 6) is -0.0636. The third-order valence-electron chi connectivity index (χ3n) is 2.75. The highest BCUT2D eigenvalue weighted by atomic mass is 32.2. The standard InChI is InChI=1S/C10H20N2O3S/c1-5-16(14,15)11-6-7-12(9(13)8-11)10(2,3)4/h5-8H2,1-4H3. The molecule has 0 bridgehead atoms. The molecule has 0 saturated carbocycles. The molecule has 1 amide bonds. The number of rotatable bonds is 2. The van der Waals surface area contributed by atoms with Gasteiger partial charge in [0.05, 0.1) is 12.3 Å². The first-order valence-electron chi connectivity index (χ1n) is 5.47. The molecule has 1 aliphatic heterocycles. The molecule has 0 atom stereocenters. The quantitative estimate of drug-likeness (QED) is 0.705. The van der Waals surface area contributed by atoms with Crippen LogP contribution in [0.25, 0.3) is 0 Å². The third kappa shape index (κ3) is 2.74. The summed E-state index contributed by atoms with van der Waals surface area (Å²) in [6.45, 7) is 8.31. The minimum Gasteiger partial charge on any atom is -0.335 e. The van der Waals surface area contributed by atoms with Crippen molar-refractivity contribution in [2.45, 2.75) is 33.2 Å². The van der Waals surface area contributed by atoms with Crippen LogP contribution in [0.5, 0.6) is 0 Å². The van der Waals surface area contributed by atoms with E-state index in [2.05, 4.69) is 0 Å². The largest absolute Gasteiger partial charge is 0.335 e. The van der Waals surface area contributed by atoms with E-state index in [-0.39, 0.29) is 23.7 Å². The van der Waals surface area contributed by atoms with Crippen molar-refractivity contribution in [2.75, 3.05) is 25.4 Å². The summed E-state index contributed by atoms with van der Waals surface area (Å²) in [4.78, 5) is 13.6. The molecule has 0 aliphatic carbocycles. The van der Waals surface area contributed by atoms with Crippen molar-refractivity contribution in [3.05, 3.63) is 0 Å². The van der Waals surface area contributed by atoms with Crippen molar-refractivity contribution in [2.24, 2.45) is 0 Å². The van der Waals surface area contributed by atoms with Gasteiger partial charge in [-0.15, -0.1) is 0 Å². The Morgan fingerprint density at radius 1 is 1.25 bits per heavy atom. The van der Waals surface area contributed by atoms with E-state index >= 15 is 0 Å². The molecule has 0 spiro atoms. The molecule has 1 rings (SSSR count). The van der Waals surface area contributed by atoms with E-state index in [0.717, 1.165) is 0 Å². The van der Waals surface area contributed by atoms with Gasteiger partial charge in [-0.3, -0.25) is 4.79 Å². The Morgan fingerprint density at radius 2 is 1.81 bits per heavy atom. The van der Waals surface area contributed by atoms with Crippen molar-refractivity contribution in [1.82, 2.24) is 9.21 Å². The molecule has 1 aliphatic rings. The zero-order valence-corrected chi connectivity index (χ0v) is 11.2. The van der Waals surface area contributed by atoms with Crippen molar-refractivity contribution >= 4 is 15.9 Å². The lowest BCUT2D eigenvalue weighted by Gasteiger charge is -2.41. The fourth-order valence-corrected chi connectivity index (χ4v) is 2.81. The second kappa shape index (κ2) is 4.33. The molecule has 0 aromatic carbocycles. The molecule has 16 heavy (non-hydrogen) atoms. The second-order valence-electron chi connectivity index (χ2n) is 4.95. The van der Waals surface area contributed by atoms with E-state index in [1.807, 2.05) is 20.8 Å². The lowest BCUT2D eigenvalue weighted by Crippen LogP contribution is -2.58. The van der Waals surface area contributed by atoms with Gasteiger partial charge in [0, 0.05) is 18.6 Å². The SMILES string of the molecule is CCS(=O)(=O)N1CCN(C(C)(C)C)C(=O)C1. The van der Waals surface area contributed by atoms with Crippen molar-refractivity contribution < 1.29 is 13.2 Å². The van der Waals surface area contributed by atoms with Gasteiger partial charge in [0.2, 0.25) is 15.9 Å². The highest BCUT2D eigenvalue weighted by Gasteiger charge is 2.35. The molecule has 0 unspecified atom stereocenters. The van der Waals surface area contributed by atoms with E-state index in [4.69, 9.17) is 0 Å². The van der Waals surface area contributed by atoms with Gasteiger partial charge in [-0.2, -0.15) is 4.31 Å². The number of carbonyl (C=O) groups is 1. The molecule has 1 saturated heterocycles. The Kier molecular flexibility index (Phi) is 3.64. The summed E-state index contributed by atoms with van der Waals surface area (Å²) in [5.41, 5.74) is -0.237. The molecular weight excluding hydrogens is 228 g/mol. The number of amides is 1. The van der Waals surface area contributed by atoms with E-state index in [1.54, 1.807) is 11.8 Å². The number of nitrogens with zero attached hydrogens (tertiary/aromatic N) is 2. The Labute approximate surface area is 97.5 Å². The zero-order valence-electron chi connectivity index (χ0n) is 10.4. The van der Waals surface area contributed by atoms with Crippen LogP contribution < -0.4 is 0 Å². The Hall–Kier alpha value is -0.620. The van der Waals surface area contributed by atoms with Crippen LogP contribution in [0.3, 0.4) is 0 Å². The van der Waals surface area contributed by atoms with Gasteiger partial charge in [0.15, 0.2) is 0 Å². The van der Waals surface area contributed by atoms with Crippen LogP contribution in [0.2, 0.25) is 0 Å². The number of hydrogen-bond acceptors (Lipinski definition) is 3. The maximum Gasteiger partial charge on any atom is 0.238 e. The molecule has 94 valence electrons. The lowest BCUT2D eigenvalue weighted by atomic mass is 10.1. The highest BCUT2D eigenvalue weighted by Crippen LogP contribution is 2.18. The molecule has 1 heterocycles. The van der Waals surface area contributed by atoms with Gasteiger partial charge in [0.25, 0.3) is 0 Å². The monoisotopic (exact) mass is 248 g/mol. The third-order valence-corrected chi connectivity index (χ3v) is 4.58. The number of piperazine rings is 1. The Bertz CT molecular complexity index is 370. The first kappa shape index (κ1) is 13.4. The molecule has 0 aromatic heterocycles. The summed E-state index contributed by atoms with van der Waals surface area (Å²) < 4.78 is 24.5. The van der Waals surface area contributed by atoms with E-state index < -0.39 is 10.0 Å². The van der Waals surface area contributed by atoms with Gasteiger partial charge >= 0.3 is 0 Å². The van der Waals surface area contributed by atoms with E-state index in [0.29, 0.717) is 13.1 Å². The minimum atomic E-state index is -3.24. The maximum atomic E-state index is 11.8. The molecule has 0 N–H and O–H groups in total. The summed E-state index contributed by atoms with van der Waals surface area (Å²) in [6, 6.07) is 0. The van der Waals surface area contributed by atoms with Crippen LogP contribution >= 0.6 is 0 Å². The first-order valence-corrected chi connectivity index (χ1v) is 7.07. The fourth-order valence-electron chi connectivity index (χ4n) is 1.78. The van der Waals surface area contributed by atoms with Crippen LogP contribution in [-0.2, 0) is 14.8 Å². The lowest BCUT2D eigenvalue weighted by molar-refractivity contribution is -0.139. The van der Waals surface area contributed by atoms with Gasteiger partial charge in [0.1, 0.15) is 0 Å². The van der Waals surface area contributed by atoms with Crippen molar-refractivity contribution in [1.29, 1.82) is 0 Å². The van der Waals surface area contributed by atoms with Gasteiger partial charge < -0.3 is 4.90 Å². The number of sulfonamides is 1. The van der Waals surface area contributed by atoms with Crippen LogP contribution in [0.15, 0.2) is 0 Å². The van der Waals surface area contributed by atoms with Crippen molar-refractivity contribution in [3.63, 3.8) is 0 Å². The van der Waals surface area contributed by atoms with Gasteiger partial charge in [-0.1, -0.05) is 0 Å². The zero-order chi connectivity index (χ0) is 12.6. The van der Waals surface area contributed by atoms with Crippen LogP contribution in [0.1, 0.15) is 27.7 Å². The summed E-state index contributed by atoms with van der Waals surface area (Å²) >= 11 is 0. The molecular formula is C10H20N2O3S. The summed E-state index contributed by atoms with van der Waals surface area (Å²) in [7, 11) is -3.24. The average molecular weight is 248 g/mol. The van der Waals surface area contributed by atoms with E-state index in [1.165, 1.54) is 4.31 Å². The predicted octanol–water partition coefficient (Wildman–Crippen LogP) is 0.279. The smallest absolute Gasteiger partial charge is 0.238 e. The van der Waals surface area contributed by atoms with Crippen LogP contribution in [0, 0.1) is 0 Å². The normalized spacial score (nSPS) is 20.2. The van der Waals surface area contributed by atoms with Crippen LogP contribution in [0.4, 0.5) is 0 Å². The van der Waals surface area contributed by atoms with Gasteiger partial charge in [-0.25, -0.2) is 8.42 Å². The fraction of sp³-hybridized carbons (Fsp3) is 0.900. The molecule has 6 heteroatoms. The highest BCUT2D eigenvalue weighted by molar-refractivity contribution is 7.89. The molecule has 5 nitrogen and oxygen atoms in total. The average Bonchev–Trinajstić information content (AvgIpc) is 2.15. The molecule has 0 aromatic rings. The second-order valence-corrected chi connectivity index (χ2v) is 7.21. The Balaban J connectivity index is 2.77. The Morgan fingerprint density at radius 3 is 2.19 bits per heavy atom. The number of carbonyl (C=O) groups excluding carboxylic acids is 1.